The van der Waals surface area contributed by atoms with Gasteiger partial charge in [-0.1, -0.05) is 59.8 Å². The van der Waals surface area contributed by atoms with E-state index in [-0.39, 0.29) is 5.56 Å². The molecule has 0 aromatic heterocycles. The molecule has 0 radical (unpaired) electrons. The van der Waals surface area contributed by atoms with Crippen molar-refractivity contribution in [3.05, 3.63) is 71.3 Å². The first-order valence-corrected chi connectivity index (χ1v) is 5.83. The number of hydrogen-bond acceptors (Lipinski definition) is 2. The molecule has 0 aliphatic rings. The zero-order valence-electron chi connectivity index (χ0n) is 10.2. The maximum atomic E-state index is 12.7. The first kappa shape index (κ1) is 13.2. The predicted octanol–water partition coefficient (Wildman–Crippen LogP) is 4.17. The Bertz CT molecular complexity index is 541. The lowest BCUT2D eigenvalue weighted by Crippen LogP contribution is -1.94. The van der Waals surface area contributed by atoms with Crippen molar-refractivity contribution in [3.63, 3.8) is 0 Å². The Hall–Kier alpha value is -2.23. The lowest BCUT2D eigenvalue weighted by atomic mass is 10.1. The molecule has 2 aromatic carbocycles. The van der Waals surface area contributed by atoms with Gasteiger partial charge in [-0.25, -0.2) is 8.78 Å². The molecule has 0 atom stereocenters. The SMILES string of the molecule is FC(F)c1ccccc1C=NOCc1ccccc1. The van der Waals surface area contributed by atoms with Gasteiger partial charge in [-0.15, -0.1) is 0 Å². The van der Waals surface area contributed by atoms with E-state index in [4.69, 9.17) is 4.84 Å². The highest BCUT2D eigenvalue weighted by atomic mass is 19.3. The summed E-state index contributed by atoms with van der Waals surface area (Å²) in [5.41, 5.74) is 1.29. The van der Waals surface area contributed by atoms with E-state index in [9.17, 15) is 8.78 Å². The standard InChI is InChI=1S/C15H13F2NO/c16-15(17)14-9-5-4-8-13(14)10-18-19-11-12-6-2-1-3-7-12/h1-10,15H,11H2. The fourth-order valence-corrected chi connectivity index (χ4v) is 1.61. The van der Waals surface area contributed by atoms with E-state index < -0.39 is 6.43 Å². The molecule has 0 aliphatic carbocycles. The monoisotopic (exact) mass is 261 g/mol. The zero-order valence-corrected chi connectivity index (χ0v) is 10.2. The second-order valence-electron chi connectivity index (χ2n) is 3.92. The second kappa shape index (κ2) is 6.64. The molecule has 2 nitrogen and oxygen atoms in total. The third kappa shape index (κ3) is 3.88. The highest BCUT2D eigenvalue weighted by molar-refractivity contribution is 5.81. The first-order valence-electron chi connectivity index (χ1n) is 5.83. The van der Waals surface area contributed by atoms with Gasteiger partial charge in [0.1, 0.15) is 6.61 Å². The molecular weight excluding hydrogens is 248 g/mol. The van der Waals surface area contributed by atoms with Gasteiger partial charge in [-0.2, -0.15) is 0 Å². The highest BCUT2D eigenvalue weighted by Crippen LogP contribution is 2.21. The van der Waals surface area contributed by atoms with Crippen molar-refractivity contribution >= 4 is 6.21 Å². The summed E-state index contributed by atoms with van der Waals surface area (Å²) in [6.07, 6.45) is -1.21. The van der Waals surface area contributed by atoms with Crippen molar-refractivity contribution < 1.29 is 13.6 Å². The third-order valence-corrected chi connectivity index (χ3v) is 2.57. The predicted molar refractivity (Wildman–Crippen MR) is 70.2 cm³/mol. The summed E-state index contributed by atoms with van der Waals surface area (Å²) < 4.78 is 25.4. The number of oxime groups is 1. The number of benzene rings is 2. The molecule has 4 heteroatoms. The lowest BCUT2D eigenvalue weighted by Gasteiger charge is -2.03. The molecule has 0 N–H and O–H groups in total. The van der Waals surface area contributed by atoms with Gasteiger partial charge in [0.25, 0.3) is 6.43 Å². The van der Waals surface area contributed by atoms with Crippen LogP contribution in [0.1, 0.15) is 23.1 Å². The van der Waals surface area contributed by atoms with Crippen molar-refractivity contribution in [1.82, 2.24) is 0 Å². The smallest absolute Gasteiger partial charge is 0.264 e. The lowest BCUT2D eigenvalue weighted by molar-refractivity contribution is 0.132. The van der Waals surface area contributed by atoms with Crippen molar-refractivity contribution in [1.29, 1.82) is 0 Å². The van der Waals surface area contributed by atoms with Crippen LogP contribution >= 0.6 is 0 Å². The largest absolute Gasteiger partial charge is 0.391 e. The summed E-state index contributed by atoms with van der Waals surface area (Å²) in [5.74, 6) is 0. The fourth-order valence-electron chi connectivity index (χ4n) is 1.61. The van der Waals surface area contributed by atoms with Gasteiger partial charge >= 0.3 is 0 Å². The Balaban J connectivity index is 1.96. The molecule has 2 rings (SSSR count). The summed E-state index contributed by atoms with van der Waals surface area (Å²) in [4.78, 5) is 5.08. The number of halogens is 2. The number of hydrogen-bond donors (Lipinski definition) is 0. The van der Waals surface area contributed by atoms with Crippen LogP contribution in [-0.2, 0) is 11.4 Å². The van der Waals surface area contributed by atoms with Crippen molar-refractivity contribution in [2.45, 2.75) is 13.0 Å². The second-order valence-corrected chi connectivity index (χ2v) is 3.92. The molecular formula is C15H13F2NO. The Morgan fingerprint density at radius 2 is 1.68 bits per heavy atom. The van der Waals surface area contributed by atoms with Crippen LogP contribution in [-0.4, -0.2) is 6.21 Å². The molecule has 0 saturated carbocycles. The molecule has 2 aromatic rings. The third-order valence-electron chi connectivity index (χ3n) is 2.57. The molecule has 0 heterocycles. The maximum Gasteiger partial charge on any atom is 0.264 e. The van der Waals surface area contributed by atoms with Crippen molar-refractivity contribution in [2.75, 3.05) is 0 Å². The minimum absolute atomic E-state index is 0.0467. The van der Waals surface area contributed by atoms with Crippen LogP contribution in [0.3, 0.4) is 0 Å². The Labute approximate surface area is 110 Å². The van der Waals surface area contributed by atoms with Gasteiger partial charge < -0.3 is 4.84 Å². The van der Waals surface area contributed by atoms with Crippen molar-refractivity contribution in [2.24, 2.45) is 5.16 Å². The molecule has 0 spiro atoms. The number of rotatable bonds is 5. The summed E-state index contributed by atoms with van der Waals surface area (Å²) >= 11 is 0. The van der Waals surface area contributed by atoms with Gasteiger partial charge in [-0.05, 0) is 5.56 Å². The van der Waals surface area contributed by atoms with E-state index in [0.717, 1.165) is 5.56 Å². The molecule has 98 valence electrons. The van der Waals surface area contributed by atoms with Crippen LogP contribution in [0.2, 0.25) is 0 Å². The molecule has 0 saturated heterocycles. The molecule has 0 fully saturated rings. The minimum Gasteiger partial charge on any atom is -0.391 e. The van der Waals surface area contributed by atoms with E-state index in [2.05, 4.69) is 5.16 Å². The normalized spacial score (nSPS) is 11.1. The van der Waals surface area contributed by atoms with Gasteiger partial charge in [0, 0.05) is 11.1 Å². The maximum absolute atomic E-state index is 12.7. The average molecular weight is 261 g/mol. The molecule has 19 heavy (non-hydrogen) atoms. The highest BCUT2D eigenvalue weighted by Gasteiger charge is 2.10. The molecule has 0 aliphatic heterocycles. The van der Waals surface area contributed by atoms with Gasteiger partial charge in [0.15, 0.2) is 0 Å². The van der Waals surface area contributed by atoms with Crippen LogP contribution in [0.25, 0.3) is 0 Å². The van der Waals surface area contributed by atoms with E-state index in [0.29, 0.717) is 12.2 Å². The average Bonchev–Trinajstić information content (AvgIpc) is 2.45. The summed E-state index contributed by atoms with van der Waals surface area (Å²) in [7, 11) is 0. The summed E-state index contributed by atoms with van der Waals surface area (Å²) in [5, 5.41) is 3.72. The zero-order chi connectivity index (χ0) is 13.5. The summed E-state index contributed by atoms with van der Waals surface area (Å²) in [6, 6.07) is 15.7. The minimum atomic E-state index is -2.52. The Morgan fingerprint density at radius 3 is 2.42 bits per heavy atom. The van der Waals surface area contributed by atoms with Crippen LogP contribution in [0, 0.1) is 0 Å². The fraction of sp³-hybridized carbons (Fsp3) is 0.133. The topological polar surface area (TPSA) is 21.6 Å². The Kier molecular flexibility index (Phi) is 4.61. The molecule has 0 amide bonds. The van der Waals surface area contributed by atoms with Gasteiger partial charge in [0.2, 0.25) is 0 Å². The quantitative estimate of drug-likeness (QED) is 0.584. The van der Waals surface area contributed by atoms with Crippen LogP contribution in [0.15, 0.2) is 59.8 Å². The first-order chi connectivity index (χ1) is 9.27. The van der Waals surface area contributed by atoms with E-state index in [1.165, 1.54) is 12.3 Å². The van der Waals surface area contributed by atoms with Crippen LogP contribution in [0.4, 0.5) is 8.78 Å². The van der Waals surface area contributed by atoms with Gasteiger partial charge in [0.05, 0.1) is 6.21 Å². The Morgan fingerprint density at radius 1 is 1.00 bits per heavy atom. The van der Waals surface area contributed by atoms with E-state index in [1.807, 2.05) is 30.3 Å². The van der Waals surface area contributed by atoms with Crippen molar-refractivity contribution in [3.8, 4) is 0 Å². The molecule has 0 unspecified atom stereocenters. The summed E-state index contributed by atoms with van der Waals surface area (Å²) in [6.45, 7) is 0.314. The number of nitrogens with zero attached hydrogens (tertiary/aromatic N) is 1. The van der Waals surface area contributed by atoms with E-state index in [1.54, 1.807) is 18.2 Å². The van der Waals surface area contributed by atoms with Gasteiger partial charge in [-0.3, -0.25) is 0 Å². The van der Waals surface area contributed by atoms with Crippen LogP contribution in [0.5, 0.6) is 0 Å². The van der Waals surface area contributed by atoms with E-state index >= 15 is 0 Å². The van der Waals surface area contributed by atoms with Crippen LogP contribution < -0.4 is 0 Å². The molecule has 0 bridgehead atoms. The number of alkyl halides is 2.